The Bertz CT molecular complexity index is 443. The van der Waals surface area contributed by atoms with Crippen molar-refractivity contribution in [2.75, 3.05) is 20.6 Å². The normalized spacial score (nSPS) is 46.7. The van der Waals surface area contributed by atoms with Gasteiger partial charge in [0.15, 0.2) is 6.29 Å². The van der Waals surface area contributed by atoms with Crippen LogP contribution in [0.2, 0.25) is 0 Å². The Labute approximate surface area is 127 Å². The molecule has 0 amide bonds. The van der Waals surface area contributed by atoms with Crippen molar-refractivity contribution < 1.29 is 14.9 Å². The molecule has 1 unspecified atom stereocenters. The lowest BCUT2D eigenvalue weighted by molar-refractivity contribution is -0.136. The van der Waals surface area contributed by atoms with Gasteiger partial charge < -0.3 is 19.8 Å². The van der Waals surface area contributed by atoms with Gasteiger partial charge in [-0.3, -0.25) is 0 Å². The van der Waals surface area contributed by atoms with Gasteiger partial charge in [0.05, 0.1) is 11.7 Å². The molecule has 0 bridgehead atoms. The maximum absolute atomic E-state index is 10.8. The van der Waals surface area contributed by atoms with Crippen LogP contribution < -0.4 is 0 Å². The third-order valence-electron chi connectivity index (χ3n) is 5.89. The molecule has 1 aliphatic heterocycles. The van der Waals surface area contributed by atoms with Gasteiger partial charge in [0, 0.05) is 18.4 Å². The second kappa shape index (κ2) is 5.34. The van der Waals surface area contributed by atoms with Crippen LogP contribution in [0.25, 0.3) is 0 Å². The van der Waals surface area contributed by atoms with Gasteiger partial charge in [-0.2, -0.15) is 0 Å². The number of nitrogens with zero attached hydrogens (tertiary/aromatic N) is 1. The number of ether oxygens (including phenoxy) is 1. The molecular weight excluding hydrogens is 266 g/mol. The largest absolute Gasteiger partial charge is 0.389 e. The molecule has 1 saturated heterocycles. The van der Waals surface area contributed by atoms with Crippen LogP contribution in [0.4, 0.5) is 0 Å². The first-order valence-corrected chi connectivity index (χ1v) is 8.20. The van der Waals surface area contributed by atoms with E-state index >= 15 is 0 Å². The summed E-state index contributed by atoms with van der Waals surface area (Å²) in [5.74, 6) is 0.546. The summed E-state index contributed by atoms with van der Waals surface area (Å²) in [7, 11) is 4.08. The number of fused-ring (bicyclic) bond motifs is 3. The maximum Gasteiger partial charge on any atom is 0.159 e. The summed E-state index contributed by atoms with van der Waals surface area (Å²) in [6, 6.07) is 0. The first-order valence-electron chi connectivity index (χ1n) is 8.20. The van der Waals surface area contributed by atoms with Crippen LogP contribution >= 0.6 is 0 Å². The average Bonchev–Trinajstić information content (AvgIpc) is 2.79. The molecule has 3 rings (SSSR count). The van der Waals surface area contributed by atoms with Gasteiger partial charge in [-0.25, -0.2) is 0 Å². The zero-order valence-electron chi connectivity index (χ0n) is 13.7. The van der Waals surface area contributed by atoms with Gasteiger partial charge in [-0.1, -0.05) is 11.1 Å². The van der Waals surface area contributed by atoms with Crippen molar-refractivity contribution in [2.24, 2.45) is 17.8 Å². The molecular formula is C17H29NO3. The monoisotopic (exact) mass is 295 g/mol. The number of aliphatic hydroxyl groups is 2. The molecule has 0 spiro atoms. The fourth-order valence-electron chi connectivity index (χ4n) is 4.82. The fraction of sp³-hybridized carbons (Fsp3) is 0.882. The van der Waals surface area contributed by atoms with E-state index in [1.807, 2.05) is 21.0 Å². The van der Waals surface area contributed by atoms with E-state index in [0.717, 1.165) is 32.2 Å². The Morgan fingerprint density at radius 2 is 2.05 bits per heavy atom. The van der Waals surface area contributed by atoms with Crippen molar-refractivity contribution in [3.05, 3.63) is 11.1 Å². The van der Waals surface area contributed by atoms with Gasteiger partial charge in [-0.15, -0.1) is 0 Å². The van der Waals surface area contributed by atoms with Crippen LogP contribution in [-0.4, -0.2) is 53.7 Å². The van der Waals surface area contributed by atoms with Crippen LogP contribution in [0.3, 0.4) is 0 Å². The van der Waals surface area contributed by atoms with Crippen LogP contribution in [0, 0.1) is 17.8 Å². The van der Waals surface area contributed by atoms with Crippen LogP contribution in [0.1, 0.15) is 39.5 Å². The van der Waals surface area contributed by atoms with Crippen molar-refractivity contribution in [3.8, 4) is 0 Å². The fourth-order valence-corrected chi connectivity index (χ4v) is 4.82. The standard InChI is InChI=1S/C17H29NO3/c1-10-5-6-12-13(9-18(3)4)16(19)21-15(12)14-11(10)7-8-17(14,2)20/h12-16,19-20H,5-9H2,1-4H3/t12-,13-,14-,15-,16?,17+/m0/s1. The number of aliphatic hydroxyl groups excluding tert-OH is 1. The molecule has 6 atom stereocenters. The molecule has 3 aliphatic rings. The summed E-state index contributed by atoms with van der Waals surface area (Å²) in [5.41, 5.74) is 2.13. The first kappa shape index (κ1) is 15.5. The second-order valence-electron chi connectivity index (χ2n) is 7.76. The van der Waals surface area contributed by atoms with Gasteiger partial charge in [0.25, 0.3) is 0 Å². The predicted octanol–water partition coefficient (Wildman–Crippen LogP) is 1.77. The maximum atomic E-state index is 10.8. The zero-order chi connectivity index (χ0) is 15.4. The van der Waals surface area contributed by atoms with Crippen molar-refractivity contribution in [2.45, 2.75) is 57.5 Å². The van der Waals surface area contributed by atoms with Gasteiger partial charge >= 0.3 is 0 Å². The predicted molar refractivity (Wildman–Crippen MR) is 81.7 cm³/mol. The lowest BCUT2D eigenvalue weighted by atomic mass is 9.77. The summed E-state index contributed by atoms with van der Waals surface area (Å²) in [5, 5.41) is 21.2. The molecule has 1 heterocycles. The molecule has 0 radical (unpaired) electrons. The summed E-state index contributed by atoms with van der Waals surface area (Å²) < 4.78 is 5.99. The van der Waals surface area contributed by atoms with Crippen molar-refractivity contribution in [1.82, 2.24) is 4.90 Å². The molecule has 4 nitrogen and oxygen atoms in total. The highest BCUT2D eigenvalue weighted by molar-refractivity contribution is 5.28. The number of hydrogen-bond acceptors (Lipinski definition) is 4. The molecule has 2 aliphatic carbocycles. The molecule has 4 heteroatoms. The van der Waals surface area contributed by atoms with E-state index in [1.165, 1.54) is 11.1 Å². The minimum absolute atomic E-state index is 0.0325. The Kier molecular flexibility index (Phi) is 3.93. The Hall–Kier alpha value is -0.420. The molecule has 0 aromatic heterocycles. The average molecular weight is 295 g/mol. The summed E-state index contributed by atoms with van der Waals surface area (Å²) in [4.78, 5) is 2.12. The first-order chi connectivity index (χ1) is 9.81. The zero-order valence-corrected chi connectivity index (χ0v) is 13.7. The van der Waals surface area contributed by atoms with Crippen molar-refractivity contribution >= 4 is 0 Å². The molecule has 2 N–H and O–H groups in total. The van der Waals surface area contributed by atoms with Gasteiger partial charge in [0.2, 0.25) is 0 Å². The summed E-state index contributed by atoms with van der Waals surface area (Å²) in [6.45, 7) is 4.99. The minimum atomic E-state index is -0.698. The van der Waals surface area contributed by atoms with Crippen LogP contribution in [0.15, 0.2) is 11.1 Å². The highest BCUT2D eigenvalue weighted by Gasteiger charge is 2.55. The highest BCUT2D eigenvalue weighted by Crippen LogP contribution is 2.53. The Balaban J connectivity index is 1.93. The smallest absolute Gasteiger partial charge is 0.159 e. The minimum Gasteiger partial charge on any atom is -0.389 e. The van der Waals surface area contributed by atoms with E-state index in [1.54, 1.807) is 0 Å². The molecule has 0 aromatic rings. The number of rotatable bonds is 2. The summed E-state index contributed by atoms with van der Waals surface area (Å²) in [6.07, 6.45) is 3.19. The van der Waals surface area contributed by atoms with Gasteiger partial charge in [0.1, 0.15) is 0 Å². The number of allylic oxidation sites excluding steroid dienone is 1. The van der Waals surface area contributed by atoms with E-state index < -0.39 is 11.9 Å². The lowest BCUT2D eigenvalue weighted by Gasteiger charge is -2.33. The lowest BCUT2D eigenvalue weighted by Crippen LogP contribution is -2.41. The second-order valence-corrected chi connectivity index (χ2v) is 7.76. The summed E-state index contributed by atoms with van der Waals surface area (Å²) >= 11 is 0. The third kappa shape index (κ3) is 2.56. The SMILES string of the molecule is CC1=C2CC[C@@](C)(O)[C@@H]2[C@H]2OC(O)[C@@H](CN(C)C)[C@@H]2CC1. The van der Waals surface area contributed by atoms with E-state index in [2.05, 4.69) is 11.8 Å². The molecule has 120 valence electrons. The van der Waals surface area contributed by atoms with E-state index in [0.29, 0.717) is 5.92 Å². The highest BCUT2D eigenvalue weighted by atomic mass is 16.6. The number of hydrogen-bond donors (Lipinski definition) is 2. The Morgan fingerprint density at radius 3 is 2.71 bits per heavy atom. The third-order valence-corrected chi connectivity index (χ3v) is 5.89. The Morgan fingerprint density at radius 1 is 1.33 bits per heavy atom. The van der Waals surface area contributed by atoms with E-state index in [-0.39, 0.29) is 17.9 Å². The van der Waals surface area contributed by atoms with Crippen LogP contribution in [-0.2, 0) is 4.74 Å². The molecule has 21 heavy (non-hydrogen) atoms. The topological polar surface area (TPSA) is 52.9 Å². The van der Waals surface area contributed by atoms with Crippen LogP contribution in [0.5, 0.6) is 0 Å². The van der Waals surface area contributed by atoms with Crippen molar-refractivity contribution in [1.29, 1.82) is 0 Å². The van der Waals surface area contributed by atoms with Gasteiger partial charge in [-0.05, 0) is 59.5 Å². The van der Waals surface area contributed by atoms with E-state index in [9.17, 15) is 10.2 Å². The quantitative estimate of drug-likeness (QED) is 0.762. The molecule has 2 fully saturated rings. The van der Waals surface area contributed by atoms with Crippen molar-refractivity contribution in [3.63, 3.8) is 0 Å². The molecule has 0 aromatic carbocycles. The molecule has 1 saturated carbocycles. The van der Waals surface area contributed by atoms with E-state index in [4.69, 9.17) is 4.74 Å².